The number of allylic oxidation sites excluding steroid dienone is 1. The lowest BCUT2D eigenvalue weighted by atomic mass is 9.93. The third-order valence-corrected chi connectivity index (χ3v) is 4.33. The van der Waals surface area contributed by atoms with Crippen LogP contribution in [-0.2, 0) is 0 Å². The summed E-state index contributed by atoms with van der Waals surface area (Å²) in [6.07, 6.45) is 2.00. The fourth-order valence-electron chi connectivity index (χ4n) is 3.12. The Morgan fingerprint density at radius 3 is 2.63 bits per heavy atom. The molecule has 2 aromatic carbocycles. The normalized spacial score (nSPS) is 19.4. The van der Waals surface area contributed by atoms with E-state index in [2.05, 4.69) is 39.0 Å². The lowest BCUT2D eigenvalue weighted by Gasteiger charge is -2.15. The maximum atomic E-state index is 9.60. The molecule has 0 amide bonds. The van der Waals surface area contributed by atoms with Crippen LogP contribution in [0.3, 0.4) is 0 Å². The first-order valence-corrected chi connectivity index (χ1v) is 8.98. The van der Waals surface area contributed by atoms with E-state index in [4.69, 9.17) is 5.11 Å². The van der Waals surface area contributed by atoms with Crippen molar-refractivity contribution in [1.29, 1.82) is 5.26 Å². The standard InChI is InChI=1S/C19H17N5.C2H6O/c20-11-14(19-22-16-8-4-5-9-17(16)23-19)10-15-12-21-24-18(15)13-6-2-1-3-7-13;1-2-3/h1-10,15,18,21,24H,12H2,(H,22,23);3H,2H2,1H3/b14-10+;. The van der Waals surface area contributed by atoms with Gasteiger partial charge in [-0.05, 0) is 24.6 Å². The number of hydrazine groups is 1. The van der Waals surface area contributed by atoms with Gasteiger partial charge < -0.3 is 10.1 Å². The summed E-state index contributed by atoms with van der Waals surface area (Å²) in [7, 11) is 0. The number of aromatic amines is 1. The largest absolute Gasteiger partial charge is 0.397 e. The number of hydrogen-bond donors (Lipinski definition) is 4. The molecule has 1 aliphatic rings. The molecule has 1 saturated heterocycles. The highest BCUT2D eigenvalue weighted by Crippen LogP contribution is 2.28. The molecule has 138 valence electrons. The van der Waals surface area contributed by atoms with Gasteiger partial charge in [-0.25, -0.2) is 10.4 Å². The third-order valence-electron chi connectivity index (χ3n) is 4.33. The summed E-state index contributed by atoms with van der Waals surface area (Å²) >= 11 is 0. The number of nitrogens with zero attached hydrogens (tertiary/aromatic N) is 2. The molecule has 3 aromatic rings. The van der Waals surface area contributed by atoms with E-state index in [1.807, 2.05) is 48.5 Å². The maximum absolute atomic E-state index is 9.60. The number of imidazole rings is 1. The van der Waals surface area contributed by atoms with Crippen LogP contribution in [-0.4, -0.2) is 28.2 Å². The van der Waals surface area contributed by atoms with E-state index < -0.39 is 0 Å². The highest BCUT2D eigenvalue weighted by Gasteiger charge is 2.27. The molecule has 4 rings (SSSR count). The second kappa shape index (κ2) is 9.10. The van der Waals surface area contributed by atoms with Gasteiger partial charge in [-0.3, -0.25) is 5.43 Å². The summed E-state index contributed by atoms with van der Waals surface area (Å²) in [5.74, 6) is 0.799. The highest BCUT2D eigenvalue weighted by molar-refractivity contribution is 5.82. The zero-order valence-corrected chi connectivity index (χ0v) is 15.2. The first-order valence-electron chi connectivity index (χ1n) is 8.98. The number of rotatable bonds is 3. The molecule has 1 aliphatic heterocycles. The Balaban J connectivity index is 0.000000659. The number of benzene rings is 2. The van der Waals surface area contributed by atoms with Crippen molar-refractivity contribution in [2.75, 3.05) is 13.2 Å². The van der Waals surface area contributed by atoms with Gasteiger partial charge in [0.25, 0.3) is 0 Å². The Bertz CT molecular complexity index is 909. The molecule has 2 atom stereocenters. The van der Waals surface area contributed by atoms with Crippen molar-refractivity contribution in [3.05, 3.63) is 72.1 Å². The molecule has 1 aromatic heterocycles. The van der Waals surface area contributed by atoms with Crippen LogP contribution in [0, 0.1) is 17.2 Å². The maximum Gasteiger partial charge on any atom is 0.148 e. The Morgan fingerprint density at radius 1 is 1.22 bits per heavy atom. The van der Waals surface area contributed by atoms with Gasteiger partial charge in [0.05, 0.1) is 22.6 Å². The monoisotopic (exact) mass is 361 g/mol. The van der Waals surface area contributed by atoms with E-state index in [0.717, 1.165) is 17.6 Å². The van der Waals surface area contributed by atoms with Gasteiger partial charge in [0.2, 0.25) is 0 Å². The van der Waals surface area contributed by atoms with Gasteiger partial charge in [-0.2, -0.15) is 5.26 Å². The summed E-state index contributed by atoms with van der Waals surface area (Å²) < 4.78 is 0. The van der Waals surface area contributed by atoms with E-state index in [0.29, 0.717) is 11.4 Å². The number of nitrogens with one attached hydrogen (secondary N) is 3. The first-order chi connectivity index (χ1) is 13.3. The van der Waals surface area contributed by atoms with Gasteiger partial charge in [0.15, 0.2) is 0 Å². The molecular weight excluding hydrogens is 338 g/mol. The highest BCUT2D eigenvalue weighted by atomic mass is 16.2. The van der Waals surface area contributed by atoms with E-state index in [1.165, 1.54) is 5.56 Å². The molecule has 0 radical (unpaired) electrons. The summed E-state index contributed by atoms with van der Waals surface area (Å²) in [6.45, 7) is 2.70. The fraction of sp³-hybridized carbons (Fsp3) is 0.238. The van der Waals surface area contributed by atoms with Crippen LogP contribution in [0.25, 0.3) is 16.6 Å². The number of H-pyrrole nitrogens is 1. The molecule has 0 bridgehead atoms. The van der Waals surface area contributed by atoms with Crippen LogP contribution in [0.1, 0.15) is 24.4 Å². The lowest BCUT2D eigenvalue weighted by Crippen LogP contribution is -2.24. The van der Waals surface area contributed by atoms with Crippen LogP contribution >= 0.6 is 0 Å². The zero-order valence-electron chi connectivity index (χ0n) is 15.2. The van der Waals surface area contributed by atoms with Gasteiger partial charge in [-0.15, -0.1) is 0 Å². The number of hydrogen-bond acceptors (Lipinski definition) is 5. The van der Waals surface area contributed by atoms with E-state index >= 15 is 0 Å². The predicted molar refractivity (Wildman–Crippen MR) is 106 cm³/mol. The van der Waals surface area contributed by atoms with Crippen molar-refractivity contribution < 1.29 is 5.11 Å². The van der Waals surface area contributed by atoms with Crippen LogP contribution < -0.4 is 10.9 Å². The topological polar surface area (TPSA) is 96.8 Å². The van der Waals surface area contributed by atoms with E-state index in [-0.39, 0.29) is 18.6 Å². The number of nitriles is 1. The van der Waals surface area contributed by atoms with Gasteiger partial charge in [0, 0.05) is 19.1 Å². The minimum absolute atomic E-state index is 0.138. The second-order valence-corrected chi connectivity index (χ2v) is 6.19. The van der Waals surface area contributed by atoms with Crippen molar-refractivity contribution in [3.63, 3.8) is 0 Å². The van der Waals surface area contributed by atoms with Crippen LogP contribution in [0.15, 0.2) is 60.7 Å². The molecule has 0 spiro atoms. The summed E-state index contributed by atoms with van der Waals surface area (Å²) in [5, 5.41) is 17.2. The van der Waals surface area contributed by atoms with Gasteiger partial charge in [-0.1, -0.05) is 48.5 Å². The summed E-state index contributed by atoms with van der Waals surface area (Å²) in [6, 6.07) is 20.5. The second-order valence-electron chi connectivity index (χ2n) is 6.19. The molecule has 6 heteroatoms. The molecule has 6 nitrogen and oxygen atoms in total. The average molecular weight is 361 g/mol. The van der Waals surface area contributed by atoms with Crippen LogP contribution in [0.5, 0.6) is 0 Å². The quantitative estimate of drug-likeness (QED) is 0.538. The fourth-order valence-corrected chi connectivity index (χ4v) is 3.12. The smallest absolute Gasteiger partial charge is 0.148 e. The van der Waals surface area contributed by atoms with Gasteiger partial charge in [0.1, 0.15) is 11.9 Å². The molecule has 4 N–H and O–H groups in total. The Kier molecular flexibility index (Phi) is 6.34. The van der Waals surface area contributed by atoms with Crippen LogP contribution in [0.2, 0.25) is 0 Å². The predicted octanol–water partition coefficient (Wildman–Crippen LogP) is 2.93. The number of fused-ring (bicyclic) bond motifs is 1. The van der Waals surface area contributed by atoms with Crippen LogP contribution in [0.4, 0.5) is 0 Å². The van der Waals surface area contributed by atoms with Crippen molar-refractivity contribution in [2.45, 2.75) is 13.0 Å². The van der Waals surface area contributed by atoms with Gasteiger partial charge >= 0.3 is 0 Å². The molecular formula is C21H23N5O. The minimum atomic E-state index is 0.138. The Hall–Kier alpha value is -2.98. The van der Waals surface area contributed by atoms with Crippen molar-refractivity contribution in [2.24, 2.45) is 5.92 Å². The number of para-hydroxylation sites is 2. The number of aromatic nitrogens is 2. The molecule has 0 saturated carbocycles. The third kappa shape index (κ3) is 4.41. The molecule has 27 heavy (non-hydrogen) atoms. The van der Waals surface area contributed by atoms with Crippen molar-refractivity contribution in [3.8, 4) is 6.07 Å². The minimum Gasteiger partial charge on any atom is -0.397 e. The molecule has 2 heterocycles. The van der Waals surface area contributed by atoms with E-state index in [1.54, 1.807) is 6.92 Å². The summed E-state index contributed by atoms with van der Waals surface area (Å²) in [5.41, 5.74) is 10.1. The SMILES string of the molecule is CCO.N#C/C(=C\C1CNNC1c1ccccc1)c1nc2ccccc2[nH]1. The lowest BCUT2D eigenvalue weighted by molar-refractivity contribution is 0.318. The molecule has 1 fully saturated rings. The zero-order chi connectivity index (χ0) is 19.1. The Morgan fingerprint density at radius 2 is 1.93 bits per heavy atom. The average Bonchev–Trinajstić information content (AvgIpc) is 3.34. The molecule has 0 aliphatic carbocycles. The molecule has 2 unspecified atom stereocenters. The Labute approximate surface area is 158 Å². The van der Waals surface area contributed by atoms with Crippen molar-refractivity contribution in [1.82, 2.24) is 20.8 Å². The summed E-state index contributed by atoms with van der Waals surface area (Å²) in [4.78, 5) is 7.77. The first kappa shape index (κ1) is 18.8. The number of aliphatic hydroxyl groups excluding tert-OH is 1. The number of aliphatic hydroxyl groups is 1. The van der Waals surface area contributed by atoms with E-state index in [9.17, 15) is 5.26 Å². The van der Waals surface area contributed by atoms with Crippen molar-refractivity contribution >= 4 is 16.6 Å².